The van der Waals surface area contributed by atoms with E-state index < -0.39 is 10.8 Å². The molecule has 0 saturated heterocycles. The van der Waals surface area contributed by atoms with Crippen LogP contribution in [0.2, 0.25) is 0 Å². The summed E-state index contributed by atoms with van der Waals surface area (Å²) in [6.45, 7) is 2.05. The van der Waals surface area contributed by atoms with Gasteiger partial charge in [0.05, 0.1) is 0 Å². The van der Waals surface area contributed by atoms with Crippen LogP contribution in [0.5, 0.6) is 0 Å². The molecule has 1 aromatic carbocycles. The summed E-state index contributed by atoms with van der Waals surface area (Å²) in [5, 5.41) is 0. The summed E-state index contributed by atoms with van der Waals surface area (Å²) >= 11 is 0. The predicted molar refractivity (Wildman–Crippen MR) is 76.3 cm³/mol. The van der Waals surface area contributed by atoms with Gasteiger partial charge in [0, 0.05) is 30.5 Å². The van der Waals surface area contributed by atoms with Crippen LogP contribution in [0.4, 0.5) is 0 Å². The lowest BCUT2D eigenvalue weighted by molar-refractivity contribution is 0.665. The Labute approximate surface area is 105 Å². The highest BCUT2D eigenvalue weighted by molar-refractivity contribution is 8.11. The van der Waals surface area contributed by atoms with Gasteiger partial charge in [-0.2, -0.15) is 0 Å². The quantitative estimate of drug-likeness (QED) is 0.451. The Bertz CT molecular complexity index is 529. The van der Waals surface area contributed by atoms with Gasteiger partial charge in [-0.15, -0.1) is 0 Å². The minimum absolute atomic E-state index is 0.735. The van der Waals surface area contributed by atoms with Crippen LogP contribution in [0.15, 0.2) is 59.7 Å². The predicted octanol–water partition coefficient (Wildman–Crippen LogP) is 3.82. The molecule has 1 nitrogen and oxygen atoms in total. The van der Waals surface area contributed by atoms with E-state index in [1.807, 2.05) is 49.4 Å². The molecule has 0 saturated carbocycles. The molecule has 0 amide bonds. The molecule has 17 heavy (non-hydrogen) atoms. The van der Waals surface area contributed by atoms with Gasteiger partial charge in [0.2, 0.25) is 0 Å². The topological polar surface area (TPSA) is 20.2 Å². The van der Waals surface area contributed by atoms with Crippen molar-refractivity contribution in [1.29, 1.82) is 0 Å². The van der Waals surface area contributed by atoms with E-state index in [2.05, 4.69) is 12.2 Å². The van der Waals surface area contributed by atoms with Crippen molar-refractivity contribution >= 4 is 15.6 Å². The molecule has 0 fully saturated rings. The molecule has 0 radical (unpaired) electrons. The van der Waals surface area contributed by atoms with E-state index in [1.54, 1.807) is 6.26 Å². The number of allylic oxidation sites excluding steroid dienone is 5. The number of hydrogen-bond acceptors (Lipinski definition) is 1. The van der Waals surface area contributed by atoms with Crippen molar-refractivity contribution in [2.45, 2.75) is 6.92 Å². The minimum Gasteiger partial charge on any atom is -0.330 e. The maximum absolute atomic E-state index is 9.76. The standard InChI is InChI=1S/C15H15OS/c1-12-8-9-15(17(2)16)14(10-12)11-13-6-4-3-5-7-13/h3-10,16H,1-2H3/q+1. The molecule has 2 rings (SSSR count). The number of hydrogen-bond donors (Lipinski definition) is 1. The molecule has 1 unspecified atom stereocenters. The van der Waals surface area contributed by atoms with Crippen molar-refractivity contribution in [3.8, 4) is 0 Å². The van der Waals surface area contributed by atoms with Crippen molar-refractivity contribution in [1.82, 2.24) is 0 Å². The molecule has 0 bridgehead atoms. The lowest BCUT2D eigenvalue weighted by Gasteiger charge is -2.05. The SMILES string of the molecule is CC1=CC(=[C+]c2ccccc2)C(=S(C)O)C=C1. The van der Waals surface area contributed by atoms with Crippen molar-refractivity contribution in [3.63, 3.8) is 0 Å². The first-order valence-electron chi connectivity index (χ1n) is 5.44. The molecule has 0 aromatic heterocycles. The third kappa shape index (κ3) is 3.01. The van der Waals surface area contributed by atoms with E-state index in [9.17, 15) is 4.55 Å². The Hall–Kier alpha value is -1.47. The Morgan fingerprint density at radius 1 is 1.12 bits per heavy atom. The highest BCUT2D eigenvalue weighted by Crippen LogP contribution is 2.21. The Balaban J connectivity index is 2.46. The molecule has 1 aromatic rings. The summed E-state index contributed by atoms with van der Waals surface area (Å²) in [7, 11) is -0.735. The molecule has 0 spiro atoms. The molecular weight excluding hydrogens is 228 g/mol. The summed E-state index contributed by atoms with van der Waals surface area (Å²) in [6, 6.07) is 9.98. The van der Waals surface area contributed by atoms with Crippen molar-refractivity contribution in [2.75, 3.05) is 6.26 Å². The molecule has 1 aliphatic carbocycles. The van der Waals surface area contributed by atoms with Crippen LogP contribution < -0.4 is 0 Å². The van der Waals surface area contributed by atoms with Gasteiger partial charge in [0.15, 0.2) is 0 Å². The monoisotopic (exact) mass is 243 g/mol. The highest BCUT2D eigenvalue weighted by Gasteiger charge is 2.15. The second kappa shape index (κ2) is 5.24. The molecule has 0 heterocycles. The van der Waals surface area contributed by atoms with Crippen LogP contribution in [0.25, 0.3) is 0 Å². The number of benzene rings is 1. The Morgan fingerprint density at radius 3 is 2.47 bits per heavy atom. The molecule has 1 aliphatic rings. The summed E-state index contributed by atoms with van der Waals surface area (Å²) in [6.07, 6.45) is 11.2. The maximum atomic E-state index is 9.76. The van der Waals surface area contributed by atoms with Crippen molar-refractivity contribution < 1.29 is 4.55 Å². The highest BCUT2D eigenvalue weighted by atomic mass is 32.2. The van der Waals surface area contributed by atoms with Crippen molar-refractivity contribution in [3.05, 3.63) is 71.3 Å². The first-order chi connectivity index (χ1) is 8.16. The fourth-order valence-electron chi connectivity index (χ4n) is 1.68. The minimum atomic E-state index is -0.735. The summed E-state index contributed by atoms with van der Waals surface area (Å²) in [5.74, 6) is 0. The first-order valence-corrected chi connectivity index (χ1v) is 7.03. The van der Waals surface area contributed by atoms with Gasteiger partial charge in [-0.3, -0.25) is 0 Å². The van der Waals surface area contributed by atoms with Crippen LogP contribution >= 0.6 is 10.8 Å². The zero-order valence-corrected chi connectivity index (χ0v) is 10.8. The zero-order chi connectivity index (χ0) is 12.3. The molecule has 1 atom stereocenters. The van der Waals surface area contributed by atoms with E-state index in [0.29, 0.717) is 0 Å². The third-order valence-electron chi connectivity index (χ3n) is 2.51. The van der Waals surface area contributed by atoms with Gasteiger partial charge >= 0.3 is 0 Å². The zero-order valence-electron chi connectivity index (χ0n) is 9.97. The second-order valence-corrected chi connectivity index (χ2v) is 5.36. The van der Waals surface area contributed by atoms with Crippen molar-refractivity contribution in [2.24, 2.45) is 0 Å². The smallest absolute Gasteiger partial charge is 0.137 e. The third-order valence-corrected chi connectivity index (χ3v) is 3.50. The van der Waals surface area contributed by atoms with Gasteiger partial charge in [0.25, 0.3) is 0 Å². The molecule has 1 N–H and O–H groups in total. The maximum Gasteiger partial charge on any atom is 0.137 e. The van der Waals surface area contributed by atoms with Crippen LogP contribution in [0, 0.1) is 6.08 Å². The van der Waals surface area contributed by atoms with Gasteiger partial charge in [-0.05, 0) is 53.6 Å². The van der Waals surface area contributed by atoms with Gasteiger partial charge in [-0.1, -0.05) is 0 Å². The van der Waals surface area contributed by atoms with Crippen LogP contribution in [-0.2, 0) is 0 Å². The van der Waals surface area contributed by atoms with Gasteiger partial charge < -0.3 is 4.55 Å². The average Bonchev–Trinajstić information content (AvgIpc) is 2.30. The fourth-order valence-corrected chi connectivity index (χ4v) is 2.37. The molecule has 0 aliphatic heterocycles. The van der Waals surface area contributed by atoms with E-state index >= 15 is 0 Å². The van der Waals surface area contributed by atoms with E-state index in [0.717, 1.165) is 16.0 Å². The largest absolute Gasteiger partial charge is 0.330 e. The fraction of sp³-hybridized carbons (Fsp3) is 0.133. The number of rotatable bonds is 1. The molecule has 86 valence electrons. The Kier molecular flexibility index (Phi) is 3.70. The first kappa shape index (κ1) is 12.0. The average molecular weight is 243 g/mol. The van der Waals surface area contributed by atoms with E-state index in [1.165, 1.54) is 5.57 Å². The van der Waals surface area contributed by atoms with Gasteiger partial charge in [0.1, 0.15) is 16.0 Å². The Morgan fingerprint density at radius 2 is 1.82 bits per heavy atom. The molecular formula is C15H15OS+. The van der Waals surface area contributed by atoms with Crippen LogP contribution in [-0.4, -0.2) is 15.7 Å². The lowest BCUT2D eigenvalue weighted by atomic mass is 10.0. The van der Waals surface area contributed by atoms with Crippen LogP contribution in [0.1, 0.15) is 12.5 Å². The van der Waals surface area contributed by atoms with E-state index in [4.69, 9.17) is 0 Å². The summed E-state index contributed by atoms with van der Waals surface area (Å²) in [4.78, 5) is 0.944. The lowest BCUT2D eigenvalue weighted by Crippen LogP contribution is -2.02. The normalized spacial score (nSPS) is 21.0. The summed E-state index contributed by atoms with van der Waals surface area (Å²) < 4.78 is 9.76. The van der Waals surface area contributed by atoms with Crippen LogP contribution in [0.3, 0.4) is 0 Å². The second-order valence-electron chi connectivity index (χ2n) is 3.97. The van der Waals surface area contributed by atoms with Gasteiger partial charge in [-0.25, -0.2) is 0 Å². The summed E-state index contributed by atoms with van der Waals surface area (Å²) in [5.41, 5.74) is 3.19. The van der Waals surface area contributed by atoms with E-state index in [-0.39, 0.29) is 0 Å². The molecule has 2 heteroatoms.